The van der Waals surface area contributed by atoms with E-state index in [1.54, 1.807) is 12.1 Å². The minimum atomic E-state index is -4.37. The molecule has 2 rings (SSSR count). The zero-order valence-corrected chi connectivity index (χ0v) is 8.93. The molecular formula is C10H5BrF3N. The summed E-state index contributed by atoms with van der Waals surface area (Å²) in [6, 6.07) is 4.73. The van der Waals surface area contributed by atoms with Crippen LogP contribution in [0.1, 0.15) is 5.56 Å². The van der Waals surface area contributed by atoms with E-state index in [1.165, 1.54) is 12.3 Å². The van der Waals surface area contributed by atoms with Gasteiger partial charge in [0, 0.05) is 22.3 Å². The lowest BCUT2D eigenvalue weighted by Crippen LogP contribution is -2.06. The van der Waals surface area contributed by atoms with Crippen LogP contribution in [0.3, 0.4) is 0 Å². The number of hydrogen-bond donors (Lipinski definition) is 0. The molecule has 0 atom stereocenters. The standard InChI is InChI=1S/C10H5BrF3N/c11-7-2-1-6-4-15-5-9(8(6)3-7)10(12,13)14/h1-5H. The highest BCUT2D eigenvalue weighted by atomic mass is 79.9. The summed E-state index contributed by atoms with van der Waals surface area (Å²) >= 11 is 3.15. The second-order valence-corrected chi connectivity index (χ2v) is 3.97. The highest BCUT2D eigenvalue weighted by Gasteiger charge is 2.32. The fourth-order valence-electron chi connectivity index (χ4n) is 1.36. The summed E-state index contributed by atoms with van der Waals surface area (Å²) in [6.07, 6.45) is -2.11. The molecular weight excluding hydrogens is 271 g/mol. The van der Waals surface area contributed by atoms with E-state index in [4.69, 9.17) is 0 Å². The van der Waals surface area contributed by atoms with Crippen LogP contribution in [0.4, 0.5) is 13.2 Å². The van der Waals surface area contributed by atoms with E-state index in [1.807, 2.05) is 0 Å². The summed E-state index contributed by atoms with van der Waals surface area (Å²) in [4.78, 5) is 3.57. The van der Waals surface area contributed by atoms with Gasteiger partial charge < -0.3 is 0 Å². The molecule has 0 bridgehead atoms. The molecule has 2 aromatic rings. The summed E-state index contributed by atoms with van der Waals surface area (Å²) < 4.78 is 38.4. The van der Waals surface area contributed by atoms with E-state index in [0.717, 1.165) is 6.20 Å². The Labute approximate surface area is 92.1 Å². The molecule has 0 aliphatic carbocycles. The summed E-state index contributed by atoms with van der Waals surface area (Å²) in [5, 5.41) is 0.639. The van der Waals surface area contributed by atoms with Crippen molar-refractivity contribution in [2.45, 2.75) is 6.18 Å². The van der Waals surface area contributed by atoms with Gasteiger partial charge >= 0.3 is 6.18 Å². The third-order valence-electron chi connectivity index (χ3n) is 2.03. The average molecular weight is 276 g/mol. The topological polar surface area (TPSA) is 12.9 Å². The Morgan fingerprint density at radius 1 is 1.13 bits per heavy atom. The summed E-state index contributed by atoms with van der Waals surface area (Å²) in [6.45, 7) is 0. The van der Waals surface area contributed by atoms with Crippen LogP contribution in [0, 0.1) is 0 Å². The van der Waals surface area contributed by atoms with Crippen molar-refractivity contribution in [3.63, 3.8) is 0 Å². The molecule has 1 heterocycles. The van der Waals surface area contributed by atoms with Gasteiger partial charge in [-0.3, -0.25) is 4.98 Å². The Balaban J connectivity index is 2.80. The molecule has 1 aromatic heterocycles. The first-order chi connectivity index (χ1) is 6.98. The van der Waals surface area contributed by atoms with Crippen LogP contribution in [0.5, 0.6) is 0 Å². The first-order valence-electron chi connectivity index (χ1n) is 4.09. The van der Waals surface area contributed by atoms with Crippen LogP contribution in [-0.4, -0.2) is 4.98 Å². The summed E-state index contributed by atoms with van der Waals surface area (Å²) in [5.41, 5.74) is -0.707. The average Bonchev–Trinajstić information content (AvgIpc) is 2.15. The predicted octanol–water partition coefficient (Wildman–Crippen LogP) is 4.02. The molecule has 0 saturated heterocycles. The van der Waals surface area contributed by atoms with Gasteiger partial charge in [0.15, 0.2) is 0 Å². The maximum atomic E-state index is 12.6. The lowest BCUT2D eigenvalue weighted by atomic mass is 10.1. The minimum absolute atomic E-state index is 0.159. The second-order valence-electron chi connectivity index (χ2n) is 3.05. The monoisotopic (exact) mass is 275 g/mol. The molecule has 0 N–H and O–H groups in total. The van der Waals surface area contributed by atoms with Crippen LogP contribution < -0.4 is 0 Å². The van der Waals surface area contributed by atoms with E-state index in [0.29, 0.717) is 9.86 Å². The van der Waals surface area contributed by atoms with Gasteiger partial charge in [-0.2, -0.15) is 13.2 Å². The van der Waals surface area contributed by atoms with Crippen LogP contribution in [-0.2, 0) is 6.18 Å². The highest BCUT2D eigenvalue weighted by molar-refractivity contribution is 9.10. The Bertz CT molecular complexity index is 507. The lowest BCUT2D eigenvalue weighted by Gasteiger charge is -2.09. The van der Waals surface area contributed by atoms with Gasteiger partial charge in [0.2, 0.25) is 0 Å². The smallest absolute Gasteiger partial charge is 0.263 e. The minimum Gasteiger partial charge on any atom is -0.263 e. The maximum Gasteiger partial charge on any atom is 0.418 e. The molecule has 1 nitrogen and oxygen atoms in total. The highest BCUT2D eigenvalue weighted by Crippen LogP contribution is 2.34. The largest absolute Gasteiger partial charge is 0.418 e. The molecule has 0 saturated carbocycles. The van der Waals surface area contributed by atoms with Crippen molar-refractivity contribution in [2.75, 3.05) is 0 Å². The number of hydrogen-bond acceptors (Lipinski definition) is 1. The summed E-state index contributed by atoms with van der Waals surface area (Å²) in [5.74, 6) is 0. The lowest BCUT2D eigenvalue weighted by molar-refractivity contribution is -0.136. The van der Waals surface area contributed by atoms with Crippen LogP contribution in [0.2, 0.25) is 0 Å². The number of aromatic nitrogens is 1. The van der Waals surface area contributed by atoms with E-state index >= 15 is 0 Å². The van der Waals surface area contributed by atoms with Crippen LogP contribution in [0.15, 0.2) is 35.1 Å². The molecule has 0 spiro atoms. The molecule has 0 unspecified atom stereocenters. The van der Waals surface area contributed by atoms with E-state index < -0.39 is 11.7 Å². The zero-order valence-electron chi connectivity index (χ0n) is 7.35. The number of pyridine rings is 1. The Hall–Kier alpha value is -1.10. The van der Waals surface area contributed by atoms with Crippen molar-refractivity contribution in [3.05, 3.63) is 40.6 Å². The van der Waals surface area contributed by atoms with Crippen molar-refractivity contribution < 1.29 is 13.2 Å². The molecule has 0 aliphatic heterocycles. The predicted molar refractivity (Wildman–Crippen MR) is 54.4 cm³/mol. The van der Waals surface area contributed by atoms with Crippen LogP contribution >= 0.6 is 15.9 Å². The van der Waals surface area contributed by atoms with Gasteiger partial charge in [-0.05, 0) is 17.5 Å². The van der Waals surface area contributed by atoms with E-state index in [9.17, 15) is 13.2 Å². The Morgan fingerprint density at radius 3 is 2.53 bits per heavy atom. The van der Waals surface area contributed by atoms with Crippen molar-refractivity contribution in [2.24, 2.45) is 0 Å². The van der Waals surface area contributed by atoms with Gasteiger partial charge in [0.05, 0.1) is 5.56 Å². The molecule has 15 heavy (non-hydrogen) atoms. The first kappa shape index (κ1) is 10.4. The maximum absolute atomic E-state index is 12.6. The van der Waals surface area contributed by atoms with Gasteiger partial charge in [0.1, 0.15) is 0 Å². The number of fused-ring (bicyclic) bond motifs is 1. The van der Waals surface area contributed by atoms with Gasteiger partial charge in [-0.1, -0.05) is 22.0 Å². The Morgan fingerprint density at radius 2 is 1.87 bits per heavy atom. The Kier molecular flexibility index (Phi) is 2.42. The third-order valence-corrected chi connectivity index (χ3v) is 2.52. The van der Waals surface area contributed by atoms with Crippen molar-refractivity contribution in [3.8, 4) is 0 Å². The van der Waals surface area contributed by atoms with Gasteiger partial charge in [-0.15, -0.1) is 0 Å². The third kappa shape index (κ3) is 1.97. The van der Waals surface area contributed by atoms with Crippen LogP contribution in [0.25, 0.3) is 10.8 Å². The molecule has 0 fully saturated rings. The fraction of sp³-hybridized carbons (Fsp3) is 0.100. The SMILES string of the molecule is FC(F)(F)c1cncc2ccc(Br)cc12. The molecule has 0 radical (unpaired) electrons. The van der Waals surface area contributed by atoms with Gasteiger partial charge in [-0.25, -0.2) is 0 Å². The fourth-order valence-corrected chi connectivity index (χ4v) is 1.72. The second kappa shape index (κ2) is 3.48. The number of halogens is 4. The molecule has 1 aromatic carbocycles. The molecule has 0 amide bonds. The number of rotatable bonds is 0. The molecule has 78 valence electrons. The summed E-state index contributed by atoms with van der Waals surface area (Å²) in [7, 11) is 0. The van der Waals surface area contributed by atoms with Crippen molar-refractivity contribution >= 4 is 26.7 Å². The molecule has 5 heteroatoms. The quantitative estimate of drug-likeness (QED) is 0.708. The van der Waals surface area contributed by atoms with Gasteiger partial charge in [0.25, 0.3) is 0 Å². The normalized spacial score (nSPS) is 12.0. The van der Waals surface area contributed by atoms with E-state index in [2.05, 4.69) is 20.9 Å². The van der Waals surface area contributed by atoms with Crippen molar-refractivity contribution in [1.29, 1.82) is 0 Å². The first-order valence-corrected chi connectivity index (χ1v) is 4.88. The number of nitrogens with zero attached hydrogens (tertiary/aromatic N) is 1. The number of benzene rings is 1. The van der Waals surface area contributed by atoms with E-state index in [-0.39, 0.29) is 5.39 Å². The molecule has 0 aliphatic rings. The zero-order chi connectivity index (χ0) is 11.1. The van der Waals surface area contributed by atoms with Crippen molar-refractivity contribution in [1.82, 2.24) is 4.98 Å². The number of alkyl halides is 3.